The fourth-order valence-electron chi connectivity index (χ4n) is 2.83. The van der Waals surface area contributed by atoms with Gasteiger partial charge in [0.25, 0.3) is 0 Å². The molecule has 1 N–H and O–H groups in total. The van der Waals surface area contributed by atoms with Gasteiger partial charge in [-0.15, -0.1) is 0 Å². The van der Waals surface area contributed by atoms with E-state index in [-0.39, 0.29) is 5.54 Å². The number of unbranched alkanes of at least 4 members (excludes halogenated alkanes) is 1. The summed E-state index contributed by atoms with van der Waals surface area (Å²) < 4.78 is 0. The number of rotatable bonds is 10. The van der Waals surface area contributed by atoms with Crippen molar-refractivity contribution in [3.05, 3.63) is 0 Å². The van der Waals surface area contributed by atoms with Crippen molar-refractivity contribution in [2.75, 3.05) is 6.54 Å². The van der Waals surface area contributed by atoms with Gasteiger partial charge in [0.1, 0.15) is 0 Å². The molecule has 0 aromatic carbocycles. The van der Waals surface area contributed by atoms with Crippen molar-refractivity contribution in [3.63, 3.8) is 0 Å². The molecule has 0 aromatic rings. The van der Waals surface area contributed by atoms with E-state index in [1.165, 1.54) is 45.1 Å². The monoisotopic (exact) mass is 269 g/mol. The number of nitrogens with one attached hydrogen (secondary N) is 1. The molecule has 116 valence electrons. The quantitative estimate of drug-likeness (QED) is 0.541. The van der Waals surface area contributed by atoms with E-state index in [1.54, 1.807) is 0 Å². The minimum Gasteiger partial charge on any atom is -0.312 e. The zero-order chi connectivity index (χ0) is 14.9. The predicted octanol–water partition coefficient (Wildman–Crippen LogP) is 5.64. The molecule has 0 saturated carbocycles. The highest BCUT2D eigenvalue weighted by Crippen LogP contribution is 2.26. The van der Waals surface area contributed by atoms with Gasteiger partial charge in [-0.1, -0.05) is 53.4 Å². The lowest BCUT2D eigenvalue weighted by atomic mass is 9.84. The average molecular weight is 270 g/mol. The Labute approximate surface area is 122 Å². The summed E-state index contributed by atoms with van der Waals surface area (Å²) >= 11 is 0. The van der Waals surface area contributed by atoms with Gasteiger partial charge in [0, 0.05) is 5.54 Å². The Morgan fingerprint density at radius 3 is 2.00 bits per heavy atom. The first kappa shape index (κ1) is 19.0. The van der Waals surface area contributed by atoms with Crippen molar-refractivity contribution >= 4 is 0 Å². The summed E-state index contributed by atoms with van der Waals surface area (Å²) in [5.74, 6) is 2.60. The van der Waals surface area contributed by atoms with Crippen LogP contribution in [0.15, 0.2) is 0 Å². The molecule has 1 heteroatoms. The van der Waals surface area contributed by atoms with Crippen molar-refractivity contribution in [3.8, 4) is 0 Å². The Morgan fingerprint density at radius 2 is 1.58 bits per heavy atom. The minimum absolute atomic E-state index is 0.250. The Kier molecular flexibility index (Phi) is 9.78. The van der Waals surface area contributed by atoms with E-state index < -0.39 is 0 Å². The normalized spacial score (nSPS) is 15.8. The largest absolute Gasteiger partial charge is 0.312 e. The van der Waals surface area contributed by atoms with Crippen LogP contribution in [-0.4, -0.2) is 12.1 Å². The zero-order valence-corrected chi connectivity index (χ0v) is 14.7. The van der Waals surface area contributed by atoms with Crippen LogP contribution in [-0.2, 0) is 0 Å². The summed E-state index contributed by atoms with van der Waals surface area (Å²) in [7, 11) is 0. The molecule has 0 saturated heterocycles. The molecule has 19 heavy (non-hydrogen) atoms. The third-order valence-electron chi connectivity index (χ3n) is 3.94. The first-order valence-electron chi connectivity index (χ1n) is 8.53. The molecule has 0 aliphatic rings. The molecule has 0 rings (SSSR count). The van der Waals surface area contributed by atoms with Crippen LogP contribution in [0.4, 0.5) is 0 Å². The van der Waals surface area contributed by atoms with Crippen molar-refractivity contribution in [2.24, 2.45) is 17.8 Å². The maximum Gasteiger partial charge on any atom is 0.00966 e. The smallest absolute Gasteiger partial charge is 0.00966 e. The average Bonchev–Trinajstić information content (AvgIpc) is 2.29. The fraction of sp³-hybridized carbons (Fsp3) is 1.00. The molecule has 0 aliphatic heterocycles. The molecule has 1 nitrogen and oxygen atoms in total. The summed E-state index contributed by atoms with van der Waals surface area (Å²) in [6.45, 7) is 17.4. The van der Waals surface area contributed by atoms with E-state index in [1.807, 2.05) is 0 Å². The summed E-state index contributed by atoms with van der Waals surface area (Å²) in [6, 6.07) is 0. The van der Waals surface area contributed by atoms with Crippen LogP contribution in [0.3, 0.4) is 0 Å². The van der Waals surface area contributed by atoms with E-state index in [2.05, 4.69) is 53.8 Å². The van der Waals surface area contributed by atoms with Gasteiger partial charge in [-0.25, -0.2) is 0 Å². The maximum atomic E-state index is 3.71. The van der Waals surface area contributed by atoms with E-state index >= 15 is 0 Å². The first-order valence-corrected chi connectivity index (χ1v) is 8.53. The van der Waals surface area contributed by atoms with Crippen molar-refractivity contribution < 1.29 is 0 Å². The summed E-state index contributed by atoms with van der Waals surface area (Å²) in [4.78, 5) is 0. The SMILES string of the molecule is CCCCC(CC)CC(CNC(C)(C)C)CC(C)C. The molecule has 2 unspecified atom stereocenters. The molecule has 2 atom stereocenters. The van der Waals surface area contributed by atoms with Crippen LogP contribution >= 0.6 is 0 Å². The molecular weight excluding hydrogens is 230 g/mol. The summed E-state index contributed by atoms with van der Waals surface area (Å²) in [5, 5.41) is 3.71. The Hall–Kier alpha value is -0.0400. The second kappa shape index (κ2) is 9.80. The van der Waals surface area contributed by atoms with Crippen LogP contribution < -0.4 is 5.32 Å². The first-order chi connectivity index (χ1) is 8.78. The lowest BCUT2D eigenvalue weighted by Gasteiger charge is -2.29. The Balaban J connectivity index is 4.30. The lowest BCUT2D eigenvalue weighted by molar-refractivity contribution is 0.268. The topological polar surface area (TPSA) is 12.0 Å². The molecule has 0 aliphatic carbocycles. The van der Waals surface area contributed by atoms with Gasteiger partial charge in [0.15, 0.2) is 0 Å². The van der Waals surface area contributed by atoms with E-state index in [4.69, 9.17) is 0 Å². The lowest BCUT2D eigenvalue weighted by Crippen LogP contribution is -2.39. The third-order valence-corrected chi connectivity index (χ3v) is 3.94. The summed E-state index contributed by atoms with van der Waals surface area (Å²) in [5.41, 5.74) is 0.250. The highest BCUT2D eigenvalue weighted by molar-refractivity contribution is 4.76. The van der Waals surface area contributed by atoms with Gasteiger partial charge in [-0.2, -0.15) is 0 Å². The van der Waals surface area contributed by atoms with E-state index in [9.17, 15) is 0 Å². The highest BCUT2D eigenvalue weighted by Gasteiger charge is 2.19. The fourth-order valence-corrected chi connectivity index (χ4v) is 2.83. The Morgan fingerprint density at radius 1 is 0.947 bits per heavy atom. The molecule has 0 fully saturated rings. The van der Waals surface area contributed by atoms with Crippen LogP contribution in [0.5, 0.6) is 0 Å². The molecule has 0 radical (unpaired) electrons. The van der Waals surface area contributed by atoms with Crippen LogP contribution in [0, 0.1) is 17.8 Å². The third kappa shape index (κ3) is 11.5. The zero-order valence-electron chi connectivity index (χ0n) is 14.7. The molecule has 0 heterocycles. The van der Waals surface area contributed by atoms with E-state index in [0.717, 1.165) is 17.8 Å². The predicted molar refractivity (Wildman–Crippen MR) is 88.6 cm³/mol. The summed E-state index contributed by atoms with van der Waals surface area (Å²) in [6.07, 6.45) is 8.30. The van der Waals surface area contributed by atoms with Crippen molar-refractivity contribution in [1.29, 1.82) is 0 Å². The van der Waals surface area contributed by atoms with Crippen LogP contribution in [0.2, 0.25) is 0 Å². The van der Waals surface area contributed by atoms with Crippen molar-refractivity contribution in [1.82, 2.24) is 5.32 Å². The van der Waals surface area contributed by atoms with Crippen LogP contribution in [0.1, 0.15) is 87.0 Å². The maximum absolute atomic E-state index is 3.71. The van der Waals surface area contributed by atoms with Gasteiger partial charge >= 0.3 is 0 Å². The number of hydrogen-bond acceptors (Lipinski definition) is 1. The molecular formula is C18H39N. The second-order valence-electron chi connectivity index (χ2n) is 7.78. The molecule has 0 bridgehead atoms. The van der Waals surface area contributed by atoms with Gasteiger partial charge in [-0.05, 0) is 57.9 Å². The molecule has 0 aromatic heterocycles. The molecule has 0 spiro atoms. The highest BCUT2D eigenvalue weighted by atomic mass is 14.9. The van der Waals surface area contributed by atoms with Gasteiger partial charge in [0.05, 0.1) is 0 Å². The van der Waals surface area contributed by atoms with Gasteiger partial charge < -0.3 is 5.32 Å². The Bertz CT molecular complexity index is 202. The van der Waals surface area contributed by atoms with Crippen molar-refractivity contribution in [2.45, 2.75) is 92.5 Å². The van der Waals surface area contributed by atoms with Gasteiger partial charge in [0.2, 0.25) is 0 Å². The minimum atomic E-state index is 0.250. The standard InChI is InChI=1S/C18H39N/c1-8-10-11-16(9-2)13-17(12-15(3)4)14-19-18(5,6)7/h15-17,19H,8-14H2,1-7H3. The second-order valence-corrected chi connectivity index (χ2v) is 7.78. The van der Waals surface area contributed by atoms with Crippen LogP contribution in [0.25, 0.3) is 0 Å². The number of hydrogen-bond donors (Lipinski definition) is 1. The van der Waals surface area contributed by atoms with E-state index in [0.29, 0.717) is 0 Å². The van der Waals surface area contributed by atoms with Gasteiger partial charge in [-0.3, -0.25) is 0 Å². The molecule has 0 amide bonds.